The fourth-order valence-electron chi connectivity index (χ4n) is 11.1. The zero-order valence-corrected chi connectivity index (χ0v) is 53.7. The van der Waals surface area contributed by atoms with Gasteiger partial charge < -0.3 is 14.2 Å². The van der Waals surface area contributed by atoms with Crippen molar-refractivity contribution in [1.29, 1.82) is 0 Å². The van der Waals surface area contributed by atoms with Gasteiger partial charge in [0.25, 0.3) is 0 Å². The van der Waals surface area contributed by atoms with Crippen LogP contribution in [0.4, 0.5) is 0 Å². The van der Waals surface area contributed by atoms with Crippen LogP contribution in [0.1, 0.15) is 406 Å². The molecule has 6 nitrogen and oxygen atoms in total. The van der Waals surface area contributed by atoms with Gasteiger partial charge in [0.05, 0.1) is 0 Å². The fourth-order valence-corrected chi connectivity index (χ4v) is 11.1. The molecule has 0 aliphatic carbocycles. The summed E-state index contributed by atoms with van der Waals surface area (Å²) in [5.74, 6) is -0.851. The van der Waals surface area contributed by atoms with E-state index in [0.29, 0.717) is 19.3 Å². The van der Waals surface area contributed by atoms with Crippen LogP contribution in [-0.4, -0.2) is 37.2 Å². The lowest BCUT2D eigenvalue weighted by Crippen LogP contribution is -2.30. The largest absolute Gasteiger partial charge is 0.462 e. The molecule has 0 heterocycles. The van der Waals surface area contributed by atoms with Gasteiger partial charge in [-0.2, -0.15) is 0 Å². The second-order valence-corrected chi connectivity index (χ2v) is 24.5. The Bertz CT molecular complexity index is 1270. The average Bonchev–Trinajstić information content (AvgIpc) is 3.45. The number of rotatable bonds is 67. The summed E-state index contributed by atoms with van der Waals surface area (Å²) in [5.41, 5.74) is 0. The Labute approximate surface area is 493 Å². The van der Waals surface area contributed by atoms with E-state index in [2.05, 4.69) is 45.1 Å². The van der Waals surface area contributed by atoms with Gasteiger partial charge in [-0.25, -0.2) is 0 Å². The summed E-state index contributed by atoms with van der Waals surface area (Å²) in [5, 5.41) is 0. The second-order valence-electron chi connectivity index (χ2n) is 24.5. The molecular weight excluding hydrogens is 973 g/mol. The first kappa shape index (κ1) is 76.9. The number of carbonyl (C=O) groups excluding carboxylic acids is 3. The summed E-state index contributed by atoms with van der Waals surface area (Å²) in [4.78, 5) is 38.4. The molecule has 6 heteroatoms. The molecule has 79 heavy (non-hydrogen) atoms. The number of allylic oxidation sites excluding steroid dienone is 4. The first-order valence-corrected chi connectivity index (χ1v) is 35.8. The van der Waals surface area contributed by atoms with Gasteiger partial charge in [0.2, 0.25) is 0 Å². The highest BCUT2D eigenvalue weighted by Gasteiger charge is 2.19. The summed E-state index contributed by atoms with van der Waals surface area (Å²) in [7, 11) is 0. The molecule has 1 atom stereocenters. The average molecular weight is 1110 g/mol. The van der Waals surface area contributed by atoms with Gasteiger partial charge in [-0.3, -0.25) is 14.4 Å². The Morgan fingerprint density at radius 2 is 0.481 bits per heavy atom. The molecular formula is C73H138O6. The van der Waals surface area contributed by atoms with Crippen LogP contribution in [-0.2, 0) is 28.6 Å². The van der Waals surface area contributed by atoms with Crippen LogP contribution in [0.15, 0.2) is 24.3 Å². The van der Waals surface area contributed by atoms with Crippen molar-refractivity contribution in [3.63, 3.8) is 0 Å². The standard InChI is InChI=1S/C73H138O6/c1-4-7-10-13-16-19-22-25-27-29-31-33-34-35-36-37-38-40-41-43-45-48-51-54-57-60-63-66-72(75)78-69-70(68-77-71(74)65-62-59-56-53-50-47-24-21-18-15-12-9-6-3)79-73(76)67-64-61-58-55-52-49-46-44-42-39-32-30-28-26-23-20-17-14-11-8-5-2/h12,15,21,24,70H,4-11,13-14,16-20,22-23,25-69H2,1-3H3/b15-12-,24-21-. The minimum atomic E-state index is -0.774. The van der Waals surface area contributed by atoms with Gasteiger partial charge in [-0.1, -0.05) is 366 Å². The van der Waals surface area contributed by atoms with Crippen molar-refractivity contribution < 1.29 is 28.6 Å². The third-order valence-electron chi connectivity index (χ3n) is 16.4. The van der Waals surface area contributed by atoms with E-state index in [9.17, 15) is 14.4 Å². The Hall–Kier alpha value is -2.11. The number of hydrogen-bond donors (Lipinski definition) is 0. The Morgan fingerprint density at radius 3 is 0.747 bits per heavy atom. The molecule has 0 spiro atoms. The van der Waals surface area contributed by atoms with E-state index in [1.807, 2.05) is 0 Å². The highest BCUT2D eigenvalue weighted by molar-refractivity contribution is 5.71. The maximum Gasteiger partial charge on any atom is 0.306 e. The van der Waals surface area contributed by atoms with Crippen LogP contribution in [0.25, 0.3) is 0 Å². The molecule has 0 amide bonds. The van der Waals surface area contributed by atoms with Crippen molar-refractivity contribution in [2.75, 3.05) is 13.2 Å². The highest BCUT2D eigenvalue weighted by Crippen LogP contribution is 2.19. The van der Waals surface area contributed by atoms with Gasteiger partial charge in [0.1, 0.15) is 13.2 Å². The summed E-state index contributed by atoms with van der Waals surface area (Å²) in [6.45, 7) is 6.65. The van der Waals surface area contributed by atoms with Gasteiger partial charge in [0.15, 0.2) is 6.10 Å². The topological polar surface area (TPSA) is 78.9 Å². The fraction of sp³-hybridized carbons (Fsp3) is 0.904. The summed E-state index contributed by atoms with van der Waals surface area (Å²) < 4.78 is 17.0. The van der Waals surface area contributed by atoms with E-state index >= 15 is 0 Å². The van der Waals surface area contributed by atoms with Crippen LogP contribution in [0.2, 0.25) is 0 Å². The first-order chi connectivity index (χ1) is 39.0. The molecule has 0 aromatic heterocycles. The van der Waals surface area contributed by atoms with E-state index in [1.54, 1.807) is 0 Å². The van der Waals surface area contributed by atoms with Gasteiger partial charge >= 0.3 is 17.9 Å². The van der Waals surface area contributed by atoms with Crippen LogP contribution >= 0.6 is 0 Å². The SMILES string of the molecule is CCC/C=C\C/C=C\CCCCCCCC(=O)OCC(COC(=O)CCCCCCCCCCCCCCCCCCCCCCCCCCCCC)OC(=O)CCCCCCCCCCCCCCCCCCCCCCC. The molecule has 0 aromatic carbocycles. The van der Waals surface area contributed by atoms with E-state index in [-0.39, 0.29) is 31.1 Å². The minimum Gasteiger partial charge on any atom is -0.462 e. The van der Waals surface area contributed by atoms with E-state index < -0.39 is 6.10 Å². The smallest absolute Gasteiger partial charge is 0.306 e. The maximum atomic E-state index is 12.9. The Kier molecular flexibility index (Phi) is 66.6. The Balaban J connectivity index is 4.18. The third kappa shape index (κ3) is 66.6. The monoisotopic (exact) mass is 1110 g/mol. The highest BCUT2D eigenvalue weighted by atomic mass is 16.6. The molecule has 0 rings (SSSR count). The first-order valence-electron chi connectivity index (χ1n) is 35.8. The van der Waals surface area contributed by atoms with Crippen LogP contribution < -0.4 is 0 Å². The molecule has 0 aromatic rings. The van der Waals surface area contributed by atoms with Gasteiger partial charge in [0, 0.05) is 19.3 Å². The van der Waals surface area contributed by atoms with E-state index in [1.165, 1.54) is 283 Å². The number of esters is 3. The van der Waals surface area contributed by atoms with Crippen LogP contribution in [0.5, 0.6) is 0 Å². The molecule has 0 aliphatic rings. The molecule has 0 bridgehead atoms. The lowest BCUT2D eigenvalue weighted by atomic mass is 10.0. The third-order valence-corrected chi connectivity index (χ3v) is 16.4. The van der Waals surface area contributed by atoms with E-state index in [0.717, 1.165) is 83.5 Å². The Morgan fingerprint density at radius 1 is 0.253 bits per heavy atom. The molecule has 0 aliphatic heterocycles. The lowest BCUT2D eigenvalue weighted by Gasteiger charge is -2.18. The van der Waals surface area contributed by atoms with Crippen molar-refractivity contribution in [2.45, 2.75) is 412 Å². The molecule has 0 saturated heterocycles. The zero-order chi connectivity index (χ0) is 57.1. The predicted octanol–water partition coefficient (Wildman–Crippen LogP) is 24.6. The number of carbonyl (C=O) groups is 3. The van der Waals surface area contributed by atoms with Gasteiger partial charge in [-0.05, 0) is 44.9 Å². The number of hydrogen-bond acceptors (Lipinski definition) is 6. The molecule has 466 valence electrons. The zero-order valence-electron chi connectivity index (χ0n) is 53.7. The molecule has 0 N–H and O–H groups in total. The van der Waals surface area contributed by atoms with Crippen molar-refractivity contribution in [3.05, 3.63) is 24.3 Å². The van der Waals surface area contributed by atoms with Gasteiger partial charge in [-0.15, -0.1) is 0 Å². The van der Waals surface area contributed by atoms with Crippen LogP contribution in [0.3, 0.4) is 0 Å². The summed E-state index contributed by atoms with van der Waals surface area (Å²) in [6.07, 6.45) is 83.6. The molecule has 0 radical (unpaired) electrons. The molecule has 0 fully saturated rings. The predicted molar refractivity (Wildman–Crippen MR) is 344 cm³/mol. The van der Waals surface area contributed by atoms with Crippen LogP contribution in [0, 0.1) is 0 Å². The molecule has 0 saturated carbocycles. The van der Waals surface area contributed by atoms with E-state index in [4.69, 9.17) is 14.2 Å². The maximum absolute atomic E-state index is 12.9. The summed E-state index contributed by atoms with van der Waals surface area (Å²) >= 11 is 0. The quantitative estimate of drug-likeness (QED) is 0.0261. The number of unbranched alkanes of at least 4 members (excludes halogenated alkanes) is 52. The number of ether oxygens (including phenoxy) is 3. The minimum absolute atomic E-state index is 0.0693. The van der Waals surface area contributed by atoms with Crippen molar-refractivity contribution in [1.82, 2.24) is 0 Å². The van der Waals surface area contributed by atoms with Crippen molar-refractivity contribution >= 4 is 17.9 Å². The molecule has 1 unspecified atom stereocenters. The second kappa shape index (κ2) is 68.4. The van der Waals surface area contributed by atoms with Crippen molar-refractivity contribution in [2.24, 2.45) is 0 Å². The lowest BCUT2D eigenvalue weighted by molar-refractivity contribution is -0.167. The normalized spacial score (nSPS) is 12.1. The van der Waals surface area contributed by atoms with Crippen molar-refractivity contribution in [3.8, 4) is 0 Å². The summed E-state index contributed by atoms with van der Waals surface area (Å²) in [6, 6.07) is 0.